The quantitative estimate of drug-likeness (QED) is 0.771. The lowest BCUT2D eigenvalue weighted by atomic mass is 10.2. The molecule has 1 aromatic heterocycles. The van der Waals surface area contributed by atoms with E-state index in [4.69, 9.17) is 15.2 Å². The summed E-state index contributed by atoms with van der Waals surface area (Å²) in [5, 5.41) is 3.71. The monoisotopic (exact) mass is 308 g/mol. The van der Waals surface area contributed by atoms with Gasteiger partial charge in [-0.25, -0.2) is 0 Å². The van der Waals surface area contributed by atoms with Crippen LogP contribution in [0.15, 0.2) is 18.2 Å². The zero-order valence-electron chi connectivity index (χ0n) is 12.3. The van der Waals surface area contributed by atoms with Gasteiger partial charge in [0.25, 0.3) is 5.91 Å². The molecule has 114 valence electrons. The Morgan fingerprint density at radius 1 is 1.33 bits per heavy atom. The van der Waals surface area contributed by atoms with Crippen molar-refractivity contribution >= 4 is 33.0 Å². The minimum atomic E-state index is -0.131. The Hall–Kier alpha value is -1.79. The summed E-state index contributed by atoms with van der Waals surface area (Å²) >= 11 is 1.39. The number of hydrogen-bond donors (Lipinski definition) is 2. The van der Waals surface area contributed by atoms with Crippen LogP contribution in [-0.4, -0.2) is 33.3 Å². The number of methoxy groups -OCH3 is 2. The third-order valence-corrected chi connectivity index (χ3v) is 4.37. The highest BCUT2D eigenvalue weighted by Gasteiger charge is 2.18. The molecule has 0 aliphatic heterocycles. The topological polar surface area (TPSA) is 73.6 Å². The lowest BCUT2D eigenvalue weighted by Crippen LogP contribution is -2.24. The van der Waals surface area contributed by atoms with Crippen LogP contribution in [0.3, 0.4) is 0 Å². The number of unbranched alkanes of at least 4 members (excludes halogenated alkanes) is 1. The number of nitrogen functional groups attached to an aromatic ring is 1. The molecule has 3 N–H and O–H groups in total. The van der Waals surface area contributed by atoms with E-state index in [1.807, 2.05) is 18.2 Å². The van der Waals surface area contributed by atoms with Gasteiger partial charge in [0.15, 0.2) is 0 Å². The number of nitrogens with two attached hydrogens (primary N) is 1. The summed E-state index contributed by atoms with van der Waals surface area (Å²) in [7, 11) is 3.27. The Kier molecular flexibility index (Phi) is 5.41. The Bertz CT molecular complexity index is 625. The summed E-state index contributed by atoms with van der Waals surface area (Å²) in [6.45, 7) is 1.32. The second kappa shape index (κ2) is 7.28. The molecular formula is C15H20N2O3S. The smallest absolute Gasteiger partial charge is 0.263 e. The molecule has 0 radical (unpaired) electrons. The van der Waals surface area contributed by atoms with Crippen molar-refractivity contribution in [2.24, 2.45) is 0 Å². The minimum Gasteiger partial charge on any atom is -0.496 e. The van der Waals surface area contributed by atoms with E-state index in [2.05, 4.69) is 5.32 Å². The molecule has 2 aromatic rings. The Morgan fingerprint density at radius 3 is 2.86 bits per heavy atom. The second-order valence-electron chi connectivity index (χ2n) is 4.63. The minimum absolute atomic E-state index is 0.131. The second-order valence-corrected chi connectivity index (χ2v) is 5.69. The van der Waals surface area contributed by atoms with E-state index in [1.165, 1.54) is 11.3 Å². The number of carbonyl (C=O) groups is 1. The molecule has 0 atom stereocenters. The third kappa shape index (κ3) is 3.46. The fourth-order valence-electron chi connectivity index (χ4n) is 2.13. The van der Waals surface area contributed by atoms with Gasteiger partial charge >= 0.3 is 0 Å². The van der Waals surface area contributed by atoms with Gasteiger partial charge in [-0.05, 0) is 25.0 Å². The normalized spacial score (nSPS) is 10.8. The van der Waals surface area contributed by atoms with E-state index in [0.29, 0.717) is 29.5 Å². The summed E-state index contributed by atoms with van der Waals surface area (Å²) in [6, 6.07) is 5.68. The van der Waals surface area contributed by atoms with Gasteiger partial charge < -0.3 is 20.5 Å². The number of carbonyl (C=O) groups excluding carboxylic acids is 1. The molecule has 0 bridgehead atoms. The summed E-state index contributed by atoms with van der Waals surface area (Å²) in [5.74, 6) is 0.563. The van der Waals surface area contributed by atoms with Crippen LogP contribution < -0.4 is 15.8 Å². The van der Waals surface area contributed by atoms with Crippen molar-refractivity contribution in [1.82, 2.24) is 5.32 Å². The maximum Gasteiger partial charge on any atom is 0.263 e. The van der Waals surface area contributed by atoms with Crippen LogP contribution in [0, 0.1) is 0 Å². The number of anilines is 1. The van der Waals surface area contributed by atoms with Crippen LogP contribution in [0.5, 0.6) is 5.75 Å². The van der Waals surface area contributed by atoms with E-state index in [-0.39, 0.29) is 5.91 Å². The zero-order valence-corrected chi connectivity index (χ0v) is 13.1. The van der Waals surface area contributed by atoms with Gasteiger partial charge in [0.05, 0.1) is 18.2 Å². The van der Waals surface area contributed by atoms with E-state index in [0.717, 1.165) is 22.9 Å². The number of fused-ring (bicyclic) bond motifs is 1. The highest BCUT2D eigenvalue weighted by Crippen LogP contribution is 2.39. The summed E-state index contributed by atoms with van der Waals surface area (Å²) in [5.41, 5.74) is 6.61. The number of rotatable bonds is 7. The first-order chi connectivity index (χ1) is 10.2. The maximum atomic E-state index is 12.2. The zero-order chi connectivity index (χ0) is 15.2. The van der Waals surface area contributed by atoms with Gasteiger partial charge in [-0.3, -0.25) is 4.79 Å². The Balaban J connectivity index is 2.11. The first kappa shape index (κ1) is 15.6. The van der Waals surface area contributed by atoms with Crippen molar-refractivity contribution in [1.29, 1.82) is 0 Å². The first-order valence-electron chi connectivity index (χ1n) is 6.81. The van der Waals surface area contributed by atoms with Crippen LogP contribution >= 0.6 is 11.3 Å². The number of benzene rings is 1. The summed E-state index contributed by atoms with van der Waals surface area (Å²) < 4.78 is 11.2. The molecule has 21 heavy (non-hydrogen) atoms. The molecule has 1 aromatic carbocycles. The number of thiophene rings is 1. The van der Waals surface area contributed by atoms with Crippen LogP contribution in [0.4, 0.5) is 5.69 Å². The van der Waals surface area contributed by atoms with Crippen LogP contribution in [0.1, 0.15) is 22.5 Å². The molecule has 0 aliphatic carbocycles. The van der Waals surface area contributed by atoms with E-state index in [1.54, 1.807) is 14.2 Å². The predicted molar refractivity (Wildman–Crippen MR) is 86.2 cm³/mol. The molecule has 1 heterocycles. The lowest BCUT2D eigenvalue weighted by Gasteiger charge is -2.05. The largest absolute Gasteiger partial charge is 0.496 e. The van der Waals surface area contributed by atoms with Crippen molar-refractivity contribution in [3.63, 3.8) is 0 Å². The molecule has 0 fully saturated rings. The number of amides is 1. The van der Waals surface area contributed by atoms with Crippen molar-refractivity contribution in [2.45, 2.75) is 12.8 Å². The van der Waals surface area contributed by atoms with E-state index < -0.39 is 0 Å². The molecule has 0 saturated heterocycles. The van der Waals surface area contributed by atoms with Crippen molar-refractivity contribution < 1.29 is 14.3 Å². The first-order valence-corrected chi connectivity index (χ1v) is 7.62. The average Bonchev–Trinajstić information content (AvgIpc) is 2.84. The predicted octanol–water partition coefficient (Wildman–Crippen LogP) is 2.65. The molecule has 0 spiro atoms. The standard InChI is InChI=1S/C15H20N2O3S/c1-19-9-4-3-8-17-15(18)14-13(16)12-10(20-2)6-5-7-11(12)21-14/h5-7H,3-4,8-9,16H2,1-2H3,(H,17,18). The highest BCUT2D eigenvalue weighted by molar-refractivity contribution is 7.21. The van der Waals surface area contributed by atoms with Gasteiger partial charge in [0.2, 0.25) is 0 Å². The van der Waals surface area contributed by atoms with Gasteiger partial charge in [-0.15, -0.1) is 11.3 Å². The molecule has 6 heteroatoms. The molecule has 1 amide bonds. The van der Waals surface area contributed by atoms with Gasteiger partial charge in [-0.1, -0.05) is 6.07 Å². The van der Waals surface area contributed by atoms with Crippen LogP contribution in [-0.2, 0) is 4.74 Å². The highest BCUT2D eigenvalue weighted by atomic mass is 32.1. The molecular weight excluding hydrogens is 288 g/mol. The molecule has 0 unspecified atom stereocenters. The molecule has 2 rings (SSSR count). The van der Waals surface area contributed by atoms with Gasteiger partial charge in [0.1, 0.15) is 10.6 Å². The van der Waals surface area contributed by atoms with Gasteiger partial charge in [-0.2, -0.15) is 0 Å². The van der Waals surface area contributed by atoms with Crippen molar-refractivity contribution in [2.75, 3.05) is 33.1 Å². The SMILES string of the molecule is COCCCCNC(=O)c1sc2cccc(OC)c2c1N. The molecule has 5 nitrogen and oxygen atoms in total. The number of hydrogen-bond acceptors (Lipinski definition) is 5. The van der Waals surface area contributed by atoms with E-state index in [9.17, 15) is 4.79 Å². The molecule has 0 aliphatic rings. The van der Waals surface area contributed by atoms with Gasteiger partial charge in [0, 0.05) is 25.0 Å². The van der Waals surface area contributed by atoms with Crippen molar-refractivity contribution in [3.05, 3.63) is 23.1 Å². The third-order valence-electron chi connectivity index (χ3n) is 3.20. The Morgan fingerprint density at radius 2 is 2.14 bits per heavy atom. The van der Waals surface area contributed by atoms with Crippen molar-refractivity contribution in [3.8, 4) is 5.75 Å². The van der Waals surface area contributed by atoms with Crippen LogP contribution in [0.2, 0.25) is 0 Å². The summed E-state index contributed by atoms with van der Waals surface area (Å²) in [6.07, 6.45) is 1.81. The summed E-state index contributed by atoms with van der Waals surface area (Å²) in [4.78, 5) is 12.8. The Labute approximate surface area is 128 Å². The van der Waals surface area contributed by atoms with Crippen LogP contribution in [0.25, 0.3) is 10.1 Å². The molecule has 0 saturated carbocycles. The number of ether oxygens (including phenoxy) is 2. The number of nitrogens with one attached hydrogen (secondary N) is 1. The fourth-order valence-corrected chi connectivity index (χ4v) is 3.19. The maximum absolute atomic E-state index is 12.2. The average molecular weight is 308 g/mol. The van der Waals surface area contributed by atoms with E-state index >= 15 is 0 Å². The lowest BCUT2D eigenvalue weighted by molar-refractivity contribution is 0.0956. The fraction of sp³-hybridized carbons (Fsp3) is 0.400.